The molecule has 2 rings (SSSR count). The Hall–Kier alpha value is -3.16. The van der Waals surface area contributed by atoms with Crippen molar-refractivity contribution in [3.63, 3.8) is 0 Å². The molecule has 0 spiro atoms. The van der Waals surface area contributed by atoms with Crippen LogP contribution in [0.25, 0.3) is 0 Å². The third-order valence-corrected chi connectivity index (χ3v) is 2.31. The molecule has 21 heavy (non-hydrogen) atoms. The van der Waals surface area contributed by atoms with Crippen LogP contribution in [0.15, 0.2) is 47.3 Å². The molecule has 0 radical (unpaired) electrons. The van der Waals surface area contributed by atoms with Gasteiger partial charge in [-0.05, 0) is 24.3 Å². The maximum absolute atomic E-state index is 11.5. The Morgan fingerprint density at radius 3 is 2.57 bits per heavy atom. The van der Waals surface area contributed by atoms with Crippen LogP contribution < -0.4 is 10.9 Å². The Labute approximate surface area is 119 Å². The number of esters is 1. The molecule has 8 heteroatoms. The van der Waals surface area contributed by atoms with Crippen LogP contribution in [0, 0.1) is 0 Å². The fraction of sp³-hybridized carbons (Fsp3) is 0.0769. The van der Waals surface area contributed by atoms with E-state index >= 15 is 0 Å². The first-order chi connectivity index (χ1) is 10.2. The zero-order valence-corrected chi connectivity index (χ0v) is 10.7. The minimum absolute atomic E-state index is 0.0454. The van der Waals surface area contributed by atoms with Crippen molar-refractivity contribution in [1.29, 1.82) is 0 Å². The van der Waals surface area contributed by atoms with E-state index in [-0.39, 0.29) is 11.3 Å². The quantitative estimate of drug-likeness (QED) is 0.618. The van der Waals surface area contributed by atoms with Crippen LogP contribution in [0.1, 0.15) is 20.9 Å². The molecule has 2 heterocycles. The van der Waals surface area contributed by atoms with E-state index < -0.39 is 24.4 Å². The molecule has 2 N–H and O–H groups in total. The maximum atomic E-state index is 11.5. The van der Waals surface area contributed by atoms with Gasteiger partial charge in [-0.1, -0.05) is 0 Å². The summed E-state index contributed by atoms with van der Waals surface area (Å²) >= 11 is 0. The van der Waals surface area contributed by atoms with Crippen LogP contribution in [0.4, 0.5) is 0 Å². The van der Waals surface area contributed by atoms with Crippen molar-refractivity contribution in [2.45, 2.75) is 0 Å². The van der Waals surface area contributed by atoms with Crippen LogP contribution in [0.2, 0.25) is 0 Å². The van der Waals surface area contributed by atoms with Crippen LogP contribution in [0.3, 0.4) is 0 Å². The molecule has 0 aliphatic carbocycles. The van der Waals surface area contributed by atoms with Gasteiger partial charge in [0.1, 0.15) is 0 Å². The van der Waals surface area contributed by atoms with E-state index in [4.69, 9.17) is 9.15 Å². The number of aromatic nitrogens is 1. The average Bonchev–Trinajstić information content (AvgIpc) is 3.05. The number of ether oxygens (including phenoxy) is 1. The number of carbonyl (C=O) groups excluding carboxylic acids is 3. The van der Waals surface area contributed by atoms with Crippen LogP contribution in [0.5, 0.6) is 0 Å². The Kier molecular flexibility index (Phi) is 4.65. The molecule has 2 aromatic heterocycles. The van der Waals surface area contributed by atoms with Gasteiger partial charge < -0.3 is 9.15 Å². The van der Waals surface area contributed by atoms with Crippen molar-refractivity contribution in [3.8, 4) is 0 Å². The third-order valence-electron chi connectivity index (χ3n) is 2.31. The molecule has 0 saturated carbocycles. The summed E-state index contributed by atoms with van der Waals surface area (Å²) in [6.45, 7) is -0.528. The lowest BCUT2D eigenvalue weighted by Gasteiger charge is -2.06. The van der Waals surface area contributed by atoms with Gasteiger partial charge in [0.2, 0.25) is 0 Å². The monoisotopic (exact) mass is 289 g/mol. The minimum Gasteiger partial charge on any atom is -0.459 e. The zero-order chi connectivity index (χ0) is 15.1. The molecular weight excluding hydrogens is 278 g/mol. The molecule has 0 fully saturated rings. The van der Waals surface area contributed by atoms with Gasteiger partial charge in [0, 0.05) is 12.4 Å². The van der Waals surface area contributed by atoms with E-state index in [2.05, 4.69) is 15.8 Å². The molecule has 0 unspecified atom stereocenters. The van der Waals surface area contributed by atoms with Gasteiger partial charge in [0.25, 0.3) is 5.91 Å². The summed E-state index contributed by atoms with van der Waals surface area (Å²) < 4.78 is 9.59. The summed E-state index contributed by atoms with van der Waals surface area (Å²) in [6, 6.07) is 5.88. The topological polar surface area (TPSA) is 111 Å². The van der Waals surface area contributed by atoms with E-state index in [0.717, 1.165) is 0 Å². The first kappa shape index (κ1) is 14.3. The Balaban J connectivity index is 1.73. The largest absolute Gasteiger partial charge is 0.459 e. The highest BCUT2D eigenvalue weighted by atomic mass is 16.5. The SMILES string of the molecule is O=C(COC(=O)c1ccncc1)NNC(=O)c1ccco1. The second kappa shape index (κ2) is 6.85. The van der Waals surface area contributed by atoms with Gasteiger partial charge in [-0.15, -0.1) is 0 Å². The lowest BCUT2D eigenvalue weighted by Crippen LogP contribution is -2.43. The second-order valence-electron chi connectivity index (χ2n) is 3.79. The summed E-state index contributed by atoms with van der Waals surface area (Å²) in [4.78, 5) is 38.1. The lowest BCUT2D eigenvalue weighted by molar-refractivity contribution is -0.125. The van der Waals surface area contributed by atoms with Gasteiger partial charge in [-0.25, -0.2) is 4.79 Å². The number of carbonyl (C=O) groups is 3. The number of furan rings is 1. The number of nitrogens with zero attached hydrogens (tertiary/aromatic N) is 1. The fourth-order valence-corrected chi connectivity index (χ4v) is 1.33. The van der Waals surface area contributed by atoms with E-state index in [0.29, 0.717) is 0 Å². The highest BCUT2D eigenvalue weighted by molar-refractivity contribution is 5.94. The molecule has 0 aliphatic heterocycles. The van der Waals surface area contributed by atoms with Crippen LogP contribution in [-0.2, 0) is 9.53 Å². The van der Waals surface area contributed by atoms with Crippen molar-refractivity contribution in [2.24, 2.45) is 0 Å². The molecular formula is C13H11N3O5. The summed E-state index contributed by atoms with van der Waals surface area (Å²) in [5.41, 5.74) is 4.48. The summed E-state index contributed by atoms with van der Waals surface area (Å²) in [5, 5.41) is 0. The van der Waals surface area contributed by atoms with Gasteiger partial charge in [-0.2, -0.15) is 0 Å². The van der Waals surface area contributed by atoms with E-state index in [9.17, 15) is 14.4 Å². The van der Waals surface area contributed by atoms with Crippen LogP contribution >= 0.6 is 0 Å². The highest BCUT2D eigenvalue weighted by Crippen LogP contribution is 1.99. The number of hydrazine groups is 1. The molecule has 0 aliphatic rings. The summed E-state index contributed by atoms with van der Waals surface area (Å²) in [6.07, 6.45) is 4.19. The molecule has 2 aromatic rings. The molecule has 8 nitrogen and oxygen atoms in total. The number of hydrogen-bond acceptors (Lipinski definition) is 6. The van der Waals surface area contributed by atoms with Gasteiger partial charge in [0.15, 0.2) is 12.4 Å². The molecule has 0 bridgehead atoms. The van der Waals surface area contributed by atoms with Crippen molar-refractivity contribution in [2.75, 3.05) is 6.61 Å². The molecule has 108 valence electrons. The second-order valence-corrected chi connectivity index (χ2v) is 3.79. The van der Waals surface area contributed by atoms with E-state index in [1.54, 1.807) is 0 Å². The predicted octanol–water partition coefficient (Wildman–Crippen LogP) is 0.293. The van der Waals surface area contributed by atoms with Gasteiger partial charge in [0.05, 0.1) is 11.8 Å². The number of pyridine rings is 1. The number of hydrogen-bond donors (Lipinski definition) is 2. The lowest BCUT2D eigenvalue weighted by atomic mass is 10.3. The average molecular weight is 289 g/mol. The minimum atomic E-state index is -0.683. The highest BCUT2D eigenvalue weighted by Gasteiger charge is 2.12. The molecule has 0 atom stereocenters. The number of nitrogens with one attached hydrogen (secondary N) is 2. The normalized spacial score (nSPS) is 9.71. The van der Waals surface area contributed by atoms with Gasteiger partial charge >= 0.3 is 11.9 Å². The summed E-state index contributed by atoms with van der Waals surface area (Å²) in [5.74, 6) is -1.92. The standard InChI is InChI=1S/C13H11N3O5/c17-11(15-16-12(18)10-2-1-7-20-10)8-21-13(19)9-3-5-14-6-4-9/h1-7H,8H2,(H,15,17)(H,16,18). The number of rotatable bonds is 4. The first-order valence-corrected chi connectivity index (χ1v) is 5.86. The Morgan fingerprint density at radius 2 is 1.90 bits per heavy atom. The van der Waals surface area contributed by atoms with Crippen molar-refractivity contribution in [1.82, 2.24) is 15.8 Å². The molecule has 2 amide bonds. The first-order valence-electron chi connectivity index (χ1n) is 5.86. The maximum Gasteiger partial charge on any atom is 0.338 e. The smallest absolute Gasteiger partial charge is 0.338 e. The third kappa shape index (κ3) is 4.16. The van der Waals surface area contributed by atoms with Gasteiger partial charge in [-0.3, -0.25) is 25.4 Å². The Morgan fingerprint density at radius 1 is 1.14 bits per heavy atom. The molecule has 0 aromatic carbocycles. The summed E-state index contributed by atoms with van der Waals surface area (Å²) in [7, 11) is 0. The van der Waals surface area contributed by atoms with Crippen molar-refractivity contribution >= 4 is 17.8 Å². The number of amides is 2. The predicted molar refractivity (Wildman–Crippen MR) is 68.8 cm³/mol. The van der Waals surface area contributed by atoms with E-state index in [1.807, 2.05) is 0 Å². The Bertz CT molecular complexity index is 625. The van der Waals surface area contributed by atoms with Crippen molar-refractivity contribution in [3.05, 3.63) is 54.2 Å². The zero-order valence-electron chi connectivity index (χ0n) is 10.7. The fourth-order valence-electron chi connectivity index (χ4n) is 1.33. The van der Waals surface area contributed by atoms with E-state index in [1.165, 1.54) is 42.9 Å². The molecule has 0 saturated heterocycles. The van der Waals surface area contributed by atoms with Crippen LogP contribution in [-0.4, -0.2) is 29.4 Å². The van der Waals surface area contributed by atoms with Crippen molar-refractivity contribution < 1.29 is 23.5 Å².